The molecule has 0 atom stereocenters. The number of aliphatic hydroxyl groups is 1. The predicted octanol–water partition coefficient (Wildman–Crippen LogP) is 4.03. The van der Waals surface area contributed by atoms with E-state index >= 15 is 0 Å². The molecule has 0 heterocycles. The van der Waals surface area contributed by atoms with Gasteiger partial charge in [0.2, 0.25) is 0 Å². The fraction of sp³-hybridized carbons (Fsp3) is 0.182. The first kappa shape index (κ1) is 17.1. The second kappa shape index (κ2) is 7.41. The highest BCUT2D eigenvalue weighted by Crippen LogP contribution is 2.39. The minimum absolute atomic E-state index is 0.0460. The molecule has 3 heteroatoms. The number of rotatable bonds is 6. The summed E-state index contributed by atoms with van der Waals surface area (Å²) in [5, 5.41) is 10.5. The smallest absolute Gasteiger partial charge is 0.118 e. The molecule has 0 unspecified atom stereocenters. The molecule has 3 aromatic carbocycles. The van der Waals surface area contributed by atoms with Crippen LogP contribution in [0.5, 0.6) is 11.5 Å². The largest absolute Gasteiger partial charge is 0.497 e. The lowest BCUT2D eigenvalue weighted by molar-refractivity contribution is 0.242. The Morgan fingerprint density at radius 2 is 1.04 bits per heavy atom. The van der Waals surface area contributed by atoms with E-state index < -0.39 is 5.41 Å². The molecule has 3 rings (SSSR count). The summed E-state index contributed by atoms with van der Waals surface area (Å²) in [6, 6.07) is 25.8. The van der Waals surface area contributed by atoms with Crippen LogP contribution in [0.4, 0.5) is 0 Å². The number of methoxy groups -OCH3 is 2. The van der Waals surface area contributed by atoms with Gasteiger partial charge in [0.1, 0.15) is 11.5 Å². The molecule has 25 heavy (non-hydrogen) atoms. The van der Waals surface area contributed by atoms with E-state index in [0.717, 1.165) is 28.2 Å². The Kier molecular flexibility index (Phi) is 5.05. The van der Waals surface area contributed by atoms with E-state index in [-0.39, 0.29) is 6.61 Å². The molecule has 0 amide bonds. The van der Waals surface area contributed by atoms with Crippen molar-refractivity contribution in [2.75, 3.05) is 20.8 Å². The third kappa shape index (κ3) is 3.11. The van der Waals surface area contributed by atoms with Crippen molar-refractivity contribution in [1.82, 2.24) is 0 Å². The van der Waals surface area contributed by atoms with Gasteiger partial charge in [0.25, 0.3) is 0 Å². The highest BCUT2D eigenvalue weighted by Gasteiger charge is 2.35. The molecule has 0 radical (unpaired) electrons. The first-order chi connectivity index (χ1) is 12.2. The van der Waals surface area contributed by atoms with E-state index in [9.17, 15) is 5.11 Å². The van der Waals surface area contributed by atoms with E-state index in [1.54, 1.807) is 14.2 Å². The van der Waals surface area contributed by atoms with Crippen LogP contribution >= 0.6 is 0 Å². The molecule has 0 aromatic heterocycles. The molecule has 0 aliphatic heterocycles. The number of benzene rings is 3. The van der Waals surface area contributed by atoms with Crippen LogP contribution in [0.2, 0.25) is 0 Å². The summed E-state index contributed by atoms with van der Waals surface area (Å²) in [7, 11) is 3.30. The van der Waals surface area contributed by atoms with E-state index in [1.165, 1.54) is 0 Å². The third-order valence-corrected chi connectivity index (χ3v) is 4.67. The van der Waals surface area contributed by atoms with Crippen molar-refractivity contribution >= 4 is 0 Å². The molecule has 0 fully saturated rings. The average molecular weight is 334 g/mol. The number of ether oxygens (including phenoxy) is 2. The summed E-state index contributed by atoms with van der Waals surface area (Å²) < 4.78 is 10.6. The van der Waals surface area contributed by atoms with Gasteiger partial charge >= 0.3 is 0 Å². The van der Waals surface area contributed by atoms with Crippen LogP contribution in [0, 0.1) is 0 Å². The maximum Gasteiger partial charge on any atom is 0.118 e. The zero-order chi connectivity index (χ0) is 17.7. The Morgan fingerprint density at radius 3 is 1.40 bits per heavy atom. The molecule has 3 nitrogen and oxygen atoms in total. The van der Waals surface area contributed by atoms with E-state index in [1.807, 2.05) is 78.9 Å². The molecule has 0 saturated carbocycles. The minimum atomic E-state index is -0.653. The van der Waals surface area contributed by atoms with Crippen LogP contribution in [-0.4, -0.2) is 25.9 Å². The second-order valence-electron chi connectivity index (χ2n) is 5.89. The van der Waals surface area contributed by atoms with Crippen molar-refractivity contribution in [2.24, 2.45) is 0 Å². The Balaban J connectivity index is 2.21. The summed E-state index contributed by atoms with van der Waals surface area (Å²) in [4.78, 5) is 0. The molecule has 0 saturated heterocycles. The van der Waals surface area contributed by atoms with Crippen molar-refractivity contribution in [3.63, 3.8) is 0 Å². The van der Waals surface area contributed by atoms with Crippen LogP contribution < -0.4 is 9.47 Å². The lowest BCUT2D eigenvalue weighted by Gasteiger charge is -2.34. The maximum atomic E-state index is 10.5. The monoisotopic (exact) mass is 334 g/mol. The minimum Gasteiger partial charge on any atom is -0.497 e. The normalized spacial score (nSPS) is 11.2. The van der Waals surface area contributed by atoms with Crippen LogP contribution in [0.15, 0.2) is 78.9 Å². The molecule has 128 valence electrons. The van der Waals surface area contributed by atoms with Crippen molar-refractivity contribution in [3.05, 3.63) is 95.6 Å². The van der Waals surface area contributed by atoms with E-state index in [2.05, 4.69) is 0 Å². The SMILES string of the molecule is COc1ccc(C(CO)(c2ccccc2)c2ccc(OC)cc2)cc1. The molecular formula is C22H22O3. The summed E-state index contributed by atoms with van der Waals surface area (Å²) in [5.74, 6) is 1.58. The highest BCUT2D eigenvalue weighted by atomic mass is 16.5. The van der Waals surface area contributed by atoms with Gasteiger partial charge in [-0.25, -0.2) is 0 Å². The summed E-state index contributed by atoms with van der Waals surface area (Å²) in [5.41, 5.74) is 2.40. The molecule has 0 aliphatic rings. The fourth-order valence-corrected chi connectivity index (χ4v) is 3.25. The Hall–Kier alpha value is -2.78. The number of aliphatic hydroxyl groups excluding tert-OH is 1. The van der Waals surface area contributed by atoms with Crippen molar-refractivity contribution in [3.8, 4) is 11.5 Å². The predicted molar refractivity (Wildman–Crippen MR) is 99.4 cm³/mol. The summed E-state index contributed by atoms with van der Waals surface area (Å²) in [6.07, 6.45) is 0. The van der Waals surface area contributed by atoms with Gasteiger partial charge in [0.05, 0.1) is 26.2 Å². The number of hydrogen-bond donors (Lipinski definition) is 1. The summed E-state index contributed by atoms with van der Waals surface area (Å²) in [6.45, 7) is -0.0460. The second-order valence-corrected chi connectivity index (χ2v) is 5.89. The Morgan fingerprint density at radius 1 is 0.640 bits per heavy atom. The van der Waals surface area contributed by atoms with Gasteiger partial charge in [-0.3, -0.25) is 0 Å². The zero-order valence-corrected chi connectivity index (χ0v) is 14.5. The van der Waals surface area contributed by atoms with Crippen LogP contribution in [0.3, 0.4) is 0 Å². The highest BCUT2D eigenvalue weighted by molar-refractivity contribution is 5.52. The molecule has 0 bridgehead atoms. The lowest BCUT2D eigenvalue weighted by atomic mass is 9.70. The third-order valence-electron chi connectivity index (χ3n) is 4.67. The Bertz CT molecular complexity index is 745. The summed E-state index contributed by atoms with van der Waals surface area (Å²) >= 11 is 0. The zero-order valence-electron chi connectivity index (χ0n) is 14.5. The van der Waals surface area contributed by atoms with Crippen LogP contribution in [0.25, 0.3) is 0 Å². The van der Waals surface area contributed by atoms with Gasteiger partial charge in [-0.2, -0.15) is 0 Å². The van der Waals surface area contributed by atoms with Crippen molar-refractivity contribution < 1.29 is 14.6 Å². The van der Waals surface area contributed by atoms with Gasteiger partial charge in [0.15, 0.2) is 0 Å². The first-order valence-electron chi connectivity index (χ1n) is 8.20. The first-order valence-corrected chi connectivity index (χ1v) is 8.20. The molecule has 3 aromatic rings. The van der Waals surface area contributed by atoms with Gasteiger partial charge in [-0.15, -0.1) is 0 Å². The average Bonchev–Trinajstić information content (AvgIpc) is 2.71. The van der Waals surface area contributed by atoms with Gasteiger partial charge in [0, 0.05) is 0 Å². The fourth-order valence-electron chi connectivity index (χ4n) is 3.25. The van der Waals surface area contributed by atoms with Gasteiger partial charge in [-0.1, -0.05) is 54.6 Å². The van der Waals surface area contributed by atoms with Crippen LogP contribution in [0.1, 0.15) is 16.7 Å². The topological polar surface area (TPSA) is 38.7 Å². The molecular weight excluding hydrogens is 312 g/mol. The van der Waals surface area contributed by atoms with Crippen LogP contribution in [-0.2, 0) is 5.41 Å². The van der Waals surface area contributed by atoms with E-state index in [4.69, 9.17) is 9.47 Å². The van der Waals surface area contributed by atoms with Gasteiger partial charge < -0.3 is 14.6 Å². The molecule has 0 aliphatic carbocycles. The lowest BCUT2D eigenvalue weighted by Crippen LogP contribution is -2.33. The maximum absolute atomic E-state index is 10.5. The molecule has 1 N–H and O–H groups in total. The number of hydrogen-bond acceptors (Lipinski definition) is 3. The quantitative estimate of drug-likeness (QED) is 0.692. The standard InChI is InChI=1S/C22H22O3/c1-24-20-12-8-18(9-13-20)22(16-23,17-6-4-3-5-7-17)19-10-14-21(25-2)15-11-19/h3-15,23H,16H2,1-2H3. The van der Waals surface area contributed by atoms with Crippen molar-refractivity contribution in [2.45, 2.75) is 5.41 Å². The van der Waals surface area contributed by atoms with Gasteiger partial charge in [-0.05, 0) is 41.0 Å². The molecule has 0 spiro atoms. The van der Waals surface area contributed by atoms with Crippen molar-refractivity contribution in [1.29, 1.82) is 0 Å². The van der Waals surface area contributed by atoms with E-state index in [0.29, 0.717) is 0 Å². The Labute approximate surface area is 148 Å².